The Kier molecular flexibility index (Phi) is 2.97. The third-order valence-electron chi connectivity index (χ3n) is 2.08. The Labute approximate surface area is 89.8 Å². The van der Waals surface area contributed by atoms with Crippen molar-refractivity contribution in [2.24, 2.45) is 0 Å². The fraction of sp³-hybridized carbons (Fsp3) is 0.500. The second kappa shape index (κ2) is 4.24. The number of hydrogen-bond donors (Lipinski definition) is 0. The van der Waals surface area contributed by atoms with Crippen LogP contribution in [0.1, 0.15) is 0 Å². The highest BCUT2D eigenvalue weighted by atomic mass is 35.5. The minimum atomic E-state index is -1.11. The Balaban J connectivity index is 2.33. The summed E-state index contributed by atoms with van der Waals surface area (Å²) >= 11 is 5.65. The topological polar surface area (TPSA) is 38.2 Å². The summed E-state index contributed by atoms with van der Waals surface area (Å²) in [5.41, 5.74) is 0. The van der Waals surface area contributed by atoms with Gasteiger partial charge in [0.1, 0.15) is 5.02 Å². The summed E-state index contributed by atoms with van der Waals surface area (Å²) in [5.74, 6) is -0.948. The van der Waals surface area contributed by atoms with Crippen LogP contribution >= 0.6 is 11.6 Å². The molecule has 0 aliphatic carbocycles. The van der Waals surface area contributed by atoms with E-state index in [1.54, 1.807) is 4.90 Å². The molecule has 0 saturated carbocycles. The number of ether oxygens (including phenoxy) is 1. The van der Waals surface area contributed by atoms with Gasteiger partial charge in [0.15, 0.2) is 5.82 Å². The number of rotatable bonds is 1. The lowest BCUT2D eigenvalue weighted by atomic mass is 10.4. The van der Waals surface area contributed by atoms with E-state index in [1.165, 1.54) is 0 Å². The summed E-state index contributed by atoms with van der Waals surface area (Å²) < 4.78 is 30.9. The maximum Gasteiger partial charge on any atom is 0.313 e. The van der Waals surface area contributed by atoms with Crippen LogP contribution < -0.4 is 4.90 Å². The third-order valence-corrected chi connectivity index (χ3v) is 2.40. The van der Waals surface area contributed by atoms with Gasteiger partial charge >= 0.3 is 6.08 Å². The van der Waals surface area contributed by atoms with E-state index in [0.29, 0.717) is 26.3 Å². The third kappa shape index (κ3) is 2.15. The Morgan fingerprint density at radius 1 is 1.20 bits per heavy atom. The molecule has 0 radical (unpaired) electrons. The molecular weight excluding hydrogens is 228 g/mol. The van der Waals surface area contributed by atoms with Crippen molar-refractivity contribution < 1.29 is 13.5 Å². The minimum Gasteiger partial charge on any atom is -0.378 e. The van der Waals surface area contributed by atoms with Crippen LogP contribution in [0.4, 0.5) is 14.6 Å². The quantitative estimate of drug-likeness (QED) is 0.542. The van der Waals surface area contributed by atoms with Crippen molar-refractivity contribution in [1.29, 1.82) is 0 Å². The van der Waals surface area contributed by atoms with Gasteiger partial charge in [0.2, 0.25) is 5.95 Å². The predicted molar refractivity (Wildman–Crippen MR) is 50.0 cm³/mol. The molecule has 0 spiro atoms. The Morgan fingerprint density at radius 2 is 1.87 bits per heavy atom. The summed E-state index contributed by atoms with van der Waals surface area (Å²) in [6.45, 7) is 2.00. The highest BCUT2D eigenvalue weighted by Gasteiger charge is 2.20. The monoisotopic (exact) mass is 235 g/mol. The van der Waals surface area contributed by atoms with Gasteiger partial charge in [-0.15, -0.1) is 0 Å². The fourth-order valence-corrected chi connectivity index (χ4v) is 1.57. The first-order valence-electron chi connectivity index (χ1n) is 4.39. The molecule has 0 amide bonds. The molecule has 15 heavy (non-hydrogen) atoms. The molecule has 1 aromatic heterocycles. The summed E-state index contributed by atoms with van der Waals surface area (Å²) in [4.78, 5) is 8.04. The Bertz CT molecular complexity index is 371. The molecule has 1 aliphatic rings. The maximum atomic E-state index is 13.0. The van der Waals surface area contributed by atoms with Crippen LogP contribution in [0.25, 0.3) is 0 Å². The van der Waals surface area contributed by atoms with Crippen molar-refractivity contribution >= 4 is 17.4 Å². The number of anilines is 1. The van der Waals surface area contributed by atoms with Gasteiger partial charge in [0.25, 0.3) is 0 Å². The fourth-order valence-electron chi connectivity index (χ4n) is 1.37. The van der Waals surface area contributed by atoms with Crippen LogP contribution in [-0.4, -0.2) is 36.3 Å². The van der Waals surface area contributed by atoms with Gasteiger partial charge in [-0.1, -0.05) is 11.6 Å². The number of aromatic nitrogens is 2. The van der Waals surface area contributed by atoms with Crippen LogP contribution in [0.5, 0.6) is 0 Å². The van der Waals surface area contributed by atoms with Crippen molar-refractivity contribution in [3.8, 4) is 0 Å². The molecule has 2 heterocycles. The SMILES string of the molecule is Fc1nc(F)c(Cl)c(N2CCOCC2)n1. The van der Waals surface area contributed by atoms with E-state index in [9.17, 15) is 8.78 Å². The molecule has 1 aromatic rings. The van der Waals surface area contributed by atoms with Crippen molar-refractivity contribution in [2.45, 2.75) is 0 Å². The smallest absolute Gasteiger partial charge is 0.313 e. The van der Waals surface area contributed by atoms with Crippen molar-refractivity contribution in [3.05, 3.63) is 17.0 Å². The molecule has 1 saturated heterocycles. The predicted octanol–water partition coefficient (Wildman–Crippen LogP) is 1.24. The van der Waals surface area contributed by atoms with E-state index >= 15 is 0 Å². The van der Waals surface area contributed by atoms with Crippen LogP contribution in [0.15, 0.2) is 0 Å². The van der Waals surface area contributed by atoms with Crippen molar-refractivity contribution in [2.75, 3.05) is 31.2 Å². The van der Waals surface area contributed by atoms with Crippen LogP contribution in [0.3, 0.4) is 0 Å². The second-order valence-electron chi connectivity index (χ2n) is 3.02. The van der Waals surface area contributed by atoms with Crippen molar-refractivity contribution in [3.63, 3.8) is 0 Å². The summed E-state index contributed by atoms with van der Waals surface area (Å²) in [7, 11) is 0. The highest BCUT2D eigenvalue weighted by Crippen LogP contribution is 2.25. The molecule has 0 N–H and O–H groups in total. The average Bonchev–Trinajstić information content (AvgIpc) is 2.24. The largest absolute Gasteiger partial charge is 0.378 e. The van der Waals surface area contributed by atoms with Gasteiger partial charge in [-0.05, 0) is 0 Å². The zero-order chi connectivity index (χ0) is 10.8. The molecule has 7 heteroatoms. The molecule has 0 unspecified atom stereocenters. The first-order valence-corrected chi connectivity index (χ1v) is 4.77. The van der Waals surface area contributed by atoms with E-state index in [-0.39, 0.29) is 10.8 Å². The molecule has 4 nitrogen and oxygen atoms in total. The molecule has 82 valence electrons. The van der Waals surface area contributed by atoms with E-state index < -0.39 is 12.0 Å². The summed E-state index contributed by atoms with van der Waals surface area (Å²) in [6.07, 6.45) is -1.11. The van der Waals surface area contributed by atoms with Crippen LogP contribution in [0.2, 0.25) is 5.02 Å². The molecular formula is C8H8ClF2N3O. The second-order valence-corrected chi connectivity index (χ2v) is 3.40. The zero-order valence-corrected chi connectivity index (χ0v) is 8.47. The van der Waals surface area contributed by atoms with Gasteiger partial charge in [-0.3, -0.25) is 0 Å². The first-order chi connectivity index (χ1) is 7.18. The van der Waals surface area contributed by atoms with E-state index in [4.69, 9.17) is 16.3 Å². The molecule has 1 fully saturated rings. The van der Waals surface area contributed by atoms with E-state index in [1.807, 2.05) is 0 Å². The first kappa shape index (κ1) is 10.5. The Morgan fingerprint density at radius 3 is 2.53 bits per heavy atom. The lowest BCUT2D eigenvalue weighted by Gasteiger charge is -2.28. The van der Waals surface area contributed by atoms with Crippen molar-refractivity contribution in [1.82, 2.24) is 9.97 Å². The number of halogens is 3. The lowest BCUT2D eigenvalue weighted by Crippen LogP contribution is -2.37. The van der Waals surface area contributed by atoms with Gasteiger partial charge in [0.05, 0.1) is 13.2 Å². The highest BCUT2D eigenvalue weighted by molar-refractivity contribution is 6.32. The average molecular weight is 236 g/mol. The number of morpholine rings is 1. The van der Waals surface area contributed by atoms with Crippen LogP contribution in [-0.2, 0) is 4.74 Å². The lowest BCUT2D eigenvalue weighted by molar-refractivity contribution is 0.122. The summed E-state index contributed by atoms with van der Waals surface area (Å²) in [6, 6.07) is 0. The molecule has 0 atom stereocenters. The molecule has 0 aromatic carbocycles. The normalized spacial score (nSPS) is 16.9. The maximum absolute atomic E-state index is 13.0. The minimum absolute atomic E-state index is 0.0879. The summed E-state index contributed by atoms with van der Waals surface area (Å²) in [5, 5.41) is -0.252. The standard InChI is InChI=1S/C8H8ClF2N3O/c9-5-6(10)12-8(11)13-7(5)14-1-3-15-4-2-14/h1-4H2. The van der Waals surface area contributed by atoms with E-state index in [2.05, 4.69) is 9.97 Å². The molecule has 1 aliphatic heterocycles. The van der Waals surface area contributed by atoms with Gasteiger partial charge < -0.3 is 9.64 Å². The van der Waals surface area contributed by atoms with Gasteiger partial charge in [-0.2, -0.15) is 18.7 Å². The van der Waals surface area contributed by atoms with Crippen LogP contribution in [0, 0.1) is 12.0 Å². The zero-order valence-electron chi connectivity index (χ0n) is 7.71. The van der Waals surface area contributed by atoms with Gasteiger partial charge in [-0.25, -0.2) is 0 Å². The number of hydrogen-bond acceptors (Lipinski definition) is 4. The number of nitrogens with zero attached hydrogens (tertiary/aromatic N) is 3. The Hall–Kier alpha value is -1.01. The van der Waals surface area contributed by atoms with E-state index in [0.717, 1.165) is 0 Å². The molecule has 0 bridgehead atoms. The molecule has 2 rings (SSSR count). The van der Waals surface area contributed by atoms with Gasteiger partial charge in [0, 0.05) is 13.1 Å².